The van der Waals surface area contributed by atoms with Gasteiger partial charge in [0.05, 0.1) is 19.8 Å². The zero-order valence-corrected chi connectivity index (χ0v) is 11.0. The maximum Gasteiger partial charge on any atom is 0.0594 e. The maximum absolute atomic E-state index is 5.73. The minimum absolute atomic E-state index is 0.325. The lowest BCUT2D eigenvalue weighted by atomic mass is 9.81. The highest BCUT2D eigenvalue weighted by atomic mass is 16.5. The largest absolute Gasteiger partial charge is 0.381 e. The molecular formula is C13H26N2O2. The van der Waals surface area contributed by atoms with E-state index in [4.69, 9.17) is 9.47 Å². The molecule has 0 bridgehead atoms. The Bertz CT molecular complexity index is 211. The average molecular weight is 242 g/mol. The van der Waals surface area contributed by atoms with Crippen LogP contribution in [-0.4, -0.2) is 64.1 Å². The summed E-state index contributed by atoms with van der Waals surface area (Å²) in [7, 11) is 0. The fourth-order valence-electron chi connectivity index (χ4n) is 2.85. The van der Waals surface area contributed by atoms with Crippen LogP contribution in [0.2, 0.25) is 0 Å². The van der Waals surface area contributed by atoms with Gasteiger partial charge in [0, 0.05) is 38.2 Å². The lowest BCUT2D eigenvalue weighted by molar-refractivity contribution is -0.0450. The van der Waals surface area contributed by atoms with Crippen molar-refractivity contribution in [3.8, 4) is 0 Å². The molecule has 0 aromatic carbocycles. The van der Waals surface area contributed by atoms with E-state index in [0.717, 1.165) is 59.2 Å². The molecule has 1 unspecified atom stereocenters. The van der Waals surface area contributed by atoms with Gasteiger partial charge in [-0.3, -0.25) is 4.90 Å². The van der Waals surface area contributed by atoms with Crippen LogP contribution in [0.25, 0.3) is 0 Å². The second-order valence-corrected chi connectivity index (χ2v) is 5.32. The first-order valence-corrected chi connectivity index (χ1v) is 6.93. The van der Waals surface area contributed by atoms with Gasteiger partial charge in [-0.05, 0) is 19.4 Å². The Morgan fingerprint density at radius 1 is 1.18 bits per heavy atom. The van der Waals surface area contributed by atoms with E-state index in [0.29, 0.717) is 5.41 Å². The first-order valence-electron chi connectivity index (χ1n) is 6.93. The smallest absolute Gasteiger partial charge is 0.0594 e. The molecule has 0 aliphatic carbocycles. The van der Waals surface area contributed by atoms with Crippen molar-refractivity contribution >= 4 is 0 Å². The maximum atomic E-state index is 5.73. The van der Waals surface area contributed by atoms with Gasteiger partial charge in [-0.1, -0.05) is 6.92 Å². The van der Waals surface area contributed by atoms with Crippen molar-refractivity contribution in [1.29, 1.82) is 0 Å². The fourth-order valence-corrected chi connectivity index (χ4v) is 2.85. The lowest BCUT2D eigenvalue weighted by Gasteiger charge is -2.42. The van der Waals surface area contributed by atoms with Crippen LogP contribution in [0.4, 0.5) is 0 Å². The van der Waals surface area contributed by atoms with Gasteiger partial charge in [0.25, 0.3) is 0 Å². The predicted octanol–water partition coefficient (Wildman–Crippen LogP) is 0.725. The Balaban J connectivity index is 1.88. The molecule has 1 N–H and O–H groups in total. The topological polar surface area (TPSA) is 33.7 Å². The molecule has 0 saturated carbocycles. The SMILES string of the molecule is CCNCC1(CN2CCOCC2)CCCOC1. The molecule has 0 aromatic heterocycles. The highest BCUT2D eigenvalue weighted by Gasteiger charge is 2.34. The monoisotopic (exact) mass is 242 g/mol. The van der Waals surface area contributed by atoms with Gasteiger partial charge >= 0.3 is 0 Å². The van der Waals surface area contributed by atoms with Gasteiger partial charge in [-0.2, -0.15) is 0 Å². The average Bonchev–Trinajstić information content (AvgIpc) is 2.39. The number of hydrogen-bond acceptors (Lipinski definition) is 4. The van der Waals surface area contributed by atoms with E-state index < -0.39 is 0 Å². The molecule has 100 valence electrons. The van der Waals surface area contributed by atoms with Crippen molar-refractivity contribution in [1.82, 2.24) is 10.2 Å². The Hall–Kier alpha value is -0.160. The molecule has 17 heavy (non-hydrogen) atoms. The van der Waals surface area contributed by atoms with Crippen molar-refractivity contribution in [2.45, 2.75) is 19.8 Å². The highest BCUT2D eigenvalue weighted by molar-refractivity contribution is 4.87. The summed E-state index contributed by atoms with van der Waals surface area (Å²) < 4.78 is 11.1. The zero-order valence-electron chi connectivity index (χ0n) is 11.0. The molecule has 2 aliphatic heterocycles. The highest BCUT2D eigenvalue weighted by Crippen LogP contribution is 2.29. The molecule has 0 amide bonds. The van der Waals surface area contributed by atoms with Crippen LogP contribution in [0.1, 0.15) is 19.8 Å². The van der Waals surface area contributed by atoms with Gasteiger partial charge in [0.2, 0.25) is 0 Å². The van der Waals surface area contributed by atoms with E-state index in [2.05, 4.69) is 17.1 Å². The van der Waals surface area contributed by atoms with E-state index in [1.54, 1.807) is 0 Å². The van der Waals surface area contributed by atoms with Crippen molar-refractivity contribution in [3.05, 3.63) is 0 Å². The van der Waals surface area contributed by atoms with E-state index >= 15 is 0 Å². The van der Waals surface area contributed by atoms with Crippen LogP contribution in [0.15, 0.2) is 0 Å². The zero-order chi connectivity index (χ0) is 12.0. The molecule has 2 rings (SSSR count). The van der Waals surface area contributed by atoms with Gasteiger partial charge in [-0.15, -0.1) is 0 Å². The summed E-state index contributed by atoms with van der Waals surface area (Å²) >= 11 is 0. The lowest BCUT2D eigenvalue weighted by Crippen LogP contribution is -2.51. The minimum atomic E-state index is 0.325. The summed E-state index contributed by atoms with van der Waals surface area (Å²) in [6.07, 6.45) is 2.49. The summed E-state index contributed by atoms with van der Waals surface area (Å²) in [5.74, 6) is 0. The number of nitrogens with zero attached hydrogens (tertiary/aromatic N) is 1. The minimum Gasteiger partial charge on any atom is -0.381 e. The van der Waals surface area contributed by atoms with Crippen molar-refractivity contribution in [3.63, 3.8) is 0 Å². The molecule has 0 aromatic rings. The second-order valence-electron chi connectivity index (χ2n) is 5.32. The van der Waals surface area contributed by atoms with Crippen molar-refractivity contribution < 1.29 is 9.47 Å². The second kappa shape index (κ2) is 6.69. The van der Waals surface area contributed by atoms with Crippen LogP contribution in [-0.2, 0) is 9.47 Å². The first-order chi connectivity index (χ1) is 8.35. The van der Waals surface area contributed by atoms with Crippen molar-refractivity contribution in [2.24, 2.45) is 5.41 Å². The number of morpholine rings is 1. The van der Waals surface area contributed by atoms with Gasteiger partial charge < -0.3 is 14.8 Å². The number of rotatable bonds is 5. The molecule has 2 aliphatic rings. The van der Waals surface area contributed by atoms with E-state index in [1.165, 1.54) is 12.8 Å². The standard InChI is InChI=1S/C13H26N2O2/c1-2-14-10-13(4-3-7-17-12-13)11-15-5-8-16-9-6-15/h14H,2-12H2,1H3. The molecule has 2 saturated heterocycles. The molecule has 2 heterocycles. The summed E-state index contributed by atoms with van der Waals surface area (Å²) in [5, 5.41) is 3.51. The molecule has 4 heteroatoms. The first kappa shape index (κ1) is 13.3. The number of nitrogens with one attached hydrogen (secondary N) is 1. The summed E-state index contributed by atoms with van der Waals surface area (Å²) in [6, 6.07) is 0. The van der Waals surface area contributed by atoms with Gasteiger partial charge in [0.1, 0.15) is 0 Å². The van der Waals surface area contributed by atoms with Crippen LogP contribution >= 0.6 is 0 Å². The Morgan fingerprint density at radius 3 is 2.65 bits per heavy atom. The number of ether oxygens (including phenoxy) is 2. The van der Waals surface area contributed by atoms with E-state index in [9.17, 15) is 0 Å². The van der Waals surface area contributed by atoms with Crippen LogP contribution in [0.3, 0.4) is 0 Å². The molecule has 4 nitrogen and oxygen atoms in total. The molecule has 2 fully saturated rings. The molecule has 0 spiro atoms. The fraction of sp³-hybridized carbons (Fsp3) is 1.00. The molecular weight excluding hydrogens is 216 g/mol. The third-order valence-corrected chi connectivity index (χ3v) is 3.82. The summed E-state index contributed by atoms with van der Waals surface area (Å²) in [6.45, 7) is 11.2. The Labute approximate surface area is 105 Å². The third-order valence-electron chi connectivity index (χ3n) is 3.82. The predicted molar refractivity (Wildman–Crippen MR) is 68.3 cm³/mol. The van der Waals surface area contributed by atoms with Gasteiger partial charge in [0.15, 0.2) is 0 Å². The van der Waals surface area contributed by atoms with Crippen molar-refractivity contribution in [2.75, 3.05) is 59.2 Å². The summed E-state index contributed by atoms with van der Waals surface area (Å²) in [4.78, 5) is 2.54. The van der Waals surface area contributed by atoms with E-state index in [1.807, 2.05) is 0 Å². The molecule has 0 radical (unpaired) electrons. The third kappa shape index (κ3) is 3.91. The summed E-state index contributed by atoms with van der Waals surface area (Å²) in [5.41, 5.74) is 0.325. The van der Waals surface area contributed by atoms with Crippen LogP contribution < -0.4 is 5.32 Å². The normalized spacial score (nSPS) is 31.6. The Kier molecular flexibility index (Phi) is 5.22. The van der Waals surface area contributed by atoms with Crippen LogP contribution in [0.5, 0.6) is 0 Å². The quantitative estimate of drug-likeness (QED) is 0.770. The molecule has 1 atom stereocenters. The Morgan fingerprint density at radius 2 is 2.00 bits per heavy atom. The number of hydrogen-bond donors (Lipinski definition) is 1. The van der Waals surface area contributed by atoms with Crippen LogP contribution in [0, 0.1) is 5.41 Å². The van der Waals surface area contributed by atoms with E-state index in [-0.39, 0.29) is 0 Å². The van der Waals surface area contributed by atoms with Gasteiger partial charge in [-0.25, -0.2) is 0 Å².